The van der Waals surface area contributed by atoms with Gasteiger partial charge in [0.2, 0.25) is 0 Å². The van der Waals surface area contributed by atoms with E-state index in [9.17, 15) is 0 Å². The average molecular weight is 275 g/mol. The summed E-state index contributed by atoms with van der Waals surface area (Å²) in [5.41, 5.74) is 6.66. The van der Waals surface area contributed by atoms with Crippen LogP contribution in [0.15, 0.2) is 47.9 Å². The van der Waals surface area contributed by atoms with E-state index in [1.807, 2.05) is 24.3 Å². The van der Waals surface area contributed by atoms with Crippen molar-refractivity contribution in [2.24, 2.45) is 5.73 Å². The van der Waals surface area contributed by atoms with E-state index in [-0.39, 0.29) is 0 Å². The van der Waals surface area contributed by atoms with E-state index in [2.05, 4.69) is 9.97 Å². The Morgan fingerprint density at radius 3 is 2.68 bits per heavy atom. The van der Waals surface area contributed by atoms with Crippen LogP contribution in [0.1, 0.15) is 12.0 Å². The Kier molecular flexibility index (Phi) is 5.65. The van der Waals surface area contributed by atoms with Gasteiger partial charge in [0.1, 0.15) is 10.8 Å². The highest BCUT2D eigenvalue weighted by Crippen LogP contribution is 2.15. The van der Waals surface area contributed by atoms with Crippen molar-refractivity contribution >= 4 is 11.8 Å². The first-order valence-corrected chi connectivity index (χ1v) is 7.17. The van der Waals surface area contributed by atoms with Crippen molar-refractivity contribution in [1.29, 1.82) is 0 Å². The summed E-state index contributed by atoms with van der Waals surface area (Å²) < 4.78 is 5.65. The summed E-state index contributed by atoms with van der Waals surface area (Å²) in [5, 5.41) is 0.954. The molecule has 0 saturated carbocycles. The maximum Gasteiger partial charge on any atom is 0.119 e. The molecule has 0 saturated heterocycles. The largest absolute Gasteiger partial charge is 0.494 e. The first-order chi connectivity index (χ1) is 9.38. The molecule has 1 aromatic carbocycles. The zero-order valence-electron chi connectivity index (χ0n) is 10.7. The van der Waals surface area contributed by atoms with Gasteiger partial charge in [0.25, 0.3) is 0 Å². The maximum absolute atomic E-state index is 5.65. The Bertz CT molecular complexity index is 476. The van der Waals surface area contributed by atoms with Gasteiger partial charge in [-0.05, 0) is 24.1 Å². The molecular weight excluding hydrogens is 258 g/mol. The first-order valence-electron chi connectivity index (χ1n) is 6.19. The molecule has 100 valence electrons. The molecule has 0 spiro atoms. The number of hydrogen-bond acceptors (Lipinski definition) is 5. The van der Waals surface area contributed by atoms with Crippen LogP contribution in [0.25, 0.3) is 0 Å². The first kappa shape index (κ1) is 13.8. The van der Waals surface area contributed by atoms with Crippen LogP contribution < -0.4 is 10.5 Å². The molecule has 0 bridgehead atoms. The van der Waals surface area contributed by atoms with Gasteiger partial charge in [-0.15, -0.1) is 11.8 Å². The Morgan fingerprint density at radius 1 is 1.16 bits per heavy atom. The molecule has 4 nitrogen and oxygen atoms in total. The number of ether oxygens (including phenoxy) is 1. The Morgan fingerprint density at radius 2 is 2.00 bits per heavy atom. The third-order valence-corrected chi connectivity index (χ3v) is 3.51. The summed E-state index contributed by atoms with van der Waals surface area (Å²) in [6.45, 7) is 1.27. The van der Waals surface area contributed by atoms with Crippen LogP contribution >= 0.6 is 11.8 Å². The lowest BCUT2D eigenvalue weighted by molar-refractivity contribution is 0.318. The minimum atomic E-state index is 0.565. The molecule has 2 aromatic rings. The number of rotatable bonds is 7. The molecule has 19 heavy (non-hydrogen) atoms. The molecule has 0 aliphatic carbocycles. The minimum Gasteiger partial charge on any atom is -0.494 e. The third-order valence-electron chi connectivity index (χ3n) is 2.51. The van der Waals surface area contributed by atoms with Crippen molar-refractivity contribution in [3.8, 4) is 5.75 Å². The lowest BCUT2D eigenvalue weighted by Gasteiger charge is -2.06. The standard InChI is InChI=1S/C14H17N3OS/c15-10-12-2-4-13(5-3-12)18-8-1-9-19-14-11-16-6-7-17-14/h2-7,11H,1,8-10,15H2. The van der Waals surface area contributed by atoms with Crippen LogP contribution in [0.5, 0.6) is 5.75 Å². The number of nitrogens with two attached hydrogens (primary N) is 1. The number of nitrogens with zero attached hydrogens (tertiary/aromatic N) is 2. The van der Waals surface area contributed by atoms with Crippen molar-refractivity contribution in [2.45, 2.75) is 18.0 Å². The summed E-state index contributed by atoms with van der Waals surface area (Å²) in [6, 6.07) is 7.89. The van der Waals surface area contributed by atoms with Gasteiger partial charge in [0.15, 0.2) is 0 Å². The van der Waals surface area contributed by atoms with E-state index < -0.39 is 0 Å². The van der Waals surface area contributed by atoms with Gasteiger partial charge in [-0.1, -0.05) is 12.1 Å². The highest BCUT2D eigenvalue weighted by molar-refractivity contribution is 7.99. The van der Waals surface area contributed by atoms with Gasteiger partial charge < -0.3 is 10.5 Å². The van der Waals surface area contributed by atoms with E-state index >= 15 is 0 Å². The summed E-state index contributed by atoms with van der Waals surface area (Å²) in [4.78, 5) is 8.22. The molecule has 5 heteroatoms. The number of hydrogen-bond donors (Lipinski definition) is 1. The molecule has 0 aliphatic rings. The number of aromatic nitrogens is 2. The molecule has 1 heterocycles. The molecule has 2 N–H and O–H groups in total. The topological polar surface area (TPSA) is 61.0 Å². The SMILES string of the molecule is NCc1ccc(OCCCSc2cnccn2)cc1. The Labute approximate surface area is 117 Å². The minimum absolute atomic E-state index is 0.565. The quantitative estimate of drug-likeness (QED) is 0.621. The highest BCUT2D eigenvalue weighted by atomic mass is 32.2. The second kappa shape index (κ2) is 7.76. The summed E-state index contributed by atoms with van der Waals surface area (Å²) in [7, 11) is 0. The summed E-state index contributed by atoms with van der Waals surface area (Å²) in [6.07, 6.45) is 6.13. The van der Waals surface area contributed by atoms with Gasteiger partial charge in [-0.2, -0.15) is 0 Å². The van der Waals surface area contributed by atoms with E-state index in [4.69, 9.17) is 10.5 Å². The molecule has 0 amide bonds. The van der Waals surface area contributed by atoms with Crippen LogP contribution in [0.2, 0.25) is 0 Å². The van der Waals surface area contributed by atoms with Gasteiger partial charge in [-0.3, -0.25) is 4.98 Å². The second-order valence-corrected chi connectivity index (χ2v) is 5.06. The highest BCUT2D eigenvalue weighted by Gasteiger charge is 1.97. The van der Waals surface area contributed by atoms with Gasteiger partial charge in [0.05, 0.1) is 12.8 Å². The normalized spacial score (nSPS) is 10.4. The van der Waals surface area contributed by atoms with Crippen molar-refractivity contribution in [1.82, 2.24) is 9.97 Å². The van der Waals surface area contributed by atoms with E-state index in [0.717, 1.165) is 28.5 Å². The predicted octanol–water partition coefficient (Wildman–Crippen LogP) is 2.50. The molecule has 2 rings (SSSR count). The lowest BCUT2D eigenvalue weighted by Crippen LogP contribution is -2.00. The fourth-order valence-electron chi connectivity index (χ4n) is 1.51. The number of benzene rings is 1. The molecule has 0 radical (unpaired) electrons. The fraction of sp³-hybridized carbons (Fsp3) is 0.286. The third kappa shape index (κ3) is 4.89. The van der Waals surface area contributed by atoms with Crippen LogP contribution in [-0.4, -0.2) is 22.3 Å². The van der Waals surface area contributed by atoms with Crippen molar-refractivity contribution in [3.63, 3.8) is 0 Å². The monoisotopic (exact) mass is 275 g/mol. The van der Waals surface area contributed by atoms with Crippen molar-refractivity contribution in [3.05, 3.63) is 48.4 Å². The predicted molar refractivity (Wildman–Crippen MR) is 77.2 cm³/mol. The molecule has 0 aliphatic heterocycles. The van der Waals surface area contributed by atoms with E-state index in [1.54, 1.807) is 30.4 Å². The zero-order valence-corrected chi connectivity index (χ0v) is 11.5. The van der Waals surface area contributed by atoms with Gasteiger partial charge in [-0.25, -0.2) is 4.98 Å². The fourth-order valence-corrected chi connectivity index (χ4v) is 2.25. The smallest absolute Gasteiger partial charge is 0.119 e. The molecule has 0 unspecified atom stereocenters. The van der Waals surface area contributed by atoms with Gasteiger partial charge in [0, 0.05) is 24.7 Å². The Hall–Kier alpha value is -1.59. The summed E-state index contributed by atoms with van der Waals surface area (Å²) >= 11 is 1.69. The van der Waals surface area contributed by atoms with Crippen LogP contribution in [0, 0.1) is 0 Å². The van der Waals surface area contributed by atoms with Crippen LogP contribution in [-0.2, 0) is 6.54 Å². The van der Waals surface area contributed by atoms with Gasteiger partial charge >= 0.3 is 0 Å². The van der Waals surface area contributed by atoms with Crippen molar-refractivity contribution < 1.29 is 4.74 Å². The lowest BCUT2D eigenvalue weighted by atomic mass is 10.2. The second-order valence-electron chi connectivity index (χ2n) is 3.94. The van der Waals surface area contributed by atoms with Crippen molar-refractivity contribution in [2.75, 3.05) is 12.4 Å². The molecule has 1 aromatic heterocycles. The van der Waals surface area contributed by atoms with Crippen LogP contribution in [0.4, 0.5) is 0 Å². The van der Waals surface area contributed by atoms with E-state index in [0.29, 0.717) is 13.2 Å². The zero-order chi connectivity index (χ0) is 13.3. The number of thioether (sulfide) groups is 1. The average Bonchev–Trinajstić information content (AvgIpc) is 2.49. The van der Waals surface area contributed by atoms with Crippen LogP contribution in [0.3, 0.4) is 0 Å². The maximum atomic E-state index is 5.65. The summed E-state index contributed by atoms with van der Waals surface area (Å²) in [5.74, 6) is 1.86. The Balaban J connectivity index is 1.63. The van der Waals surface area contributed by atoms with E-state index in [1.165, 1.54) is 0 Å². The molecule has 0 atom stereocenters. The molecular formula is C14H17N3OS. The molecule has 0 fully saturated rings.